The van der Waals surface area contributed by atoms with Gasteiger partial charge in [-0.25, -0.2) is 4.98 Å². The lowest BCUT2D eigenvalue weighted by atomic mass is 10.1. The van der Waals surface area contributed by atoms with Crippen molar-refractivity contribution in [1.29, 1.82) is 0 Å². The predicted molar refractivity (Wildman–Crippen MR) is 73.7 cm³/mol. The molecule has 0 saturated heterocycles. The maximum Gasteiger partial charge on any atom is 0.274 e. The number of thiazole rings is 1. The summed E-state index contributed by atoms with van der Waals surface area (Å²) in [7, 11) is 0. The van der Waals surface area contributed by atoms with Crippen LogP contribution in [-0.2, 0) is 13.0 Å². The number of nitrogens with zero attached hydrogens (tertiary/aromatic N) is 2. The number of aryl methyl sites for hydroxylation is 1. The Kier molecular flexibility index (Phi) is 2.76. The van der Waals surface area contributed by atoms with Crippen molar-refractivity contribution in [2.45, 2.75) is 19.4 Å². The van der Waals surface area contributed by atoms with E-state index in [1.807, 2.05) is 0 Å². The number of allylic oxidation sites excluding steroid dienone is 1. The lowest BCUT2D eigenvalue weighted by Crippen LogP contribution is -2.22. The van der Waals surface area contributed by atoms with Gasteiger partial charge < -0.3 is 10.3 Å². The van der Waals surface area contributed by atoms with Crippen LogP contribution in [0.2, 0.25) is 0 Å². The van der Waals surface area contributed by atoms with Crippen LogP contribution >= 0.6 is 11.3 Å². The second-order valence-electron chi connectivity index (χ2n) is 4.25. The number of nitrogens with two attached hydrogens (primary N) is 1. The fourth-order valence-corrected chi connectivity index (χ4v) is 3.10. The first kappa shape index (κ1) is 11.2. The quantitative estimate of drug-likeness (QED) is 0.896. The zero-order valence-corrected chi connectivity index (χ0v) is 10.6. The van der Waals surface area contributed by atoms with Gasteiger partial charge in [-0.3, -0.25) is 4.79 Å². The second kappa shape index (κ2) is 4.42. The fraction of sp³-hybridized carbons (Fsp3) is 0.231. The molecule has 0 bridgehead atoms. The normalized spacial score (nSPS) is 13.6. The van der Waals surface area contributed by atoms with Gasteiger partial charge in [-0.15, -0.1) is 11.3 Å². The first-order valence-corrected chi connectivity index (χ1v) is 6.66. The highest BCUT2D eigenvalue weighted by molar-refractivity contribution is 7.11. The zero-order valence-electron chi connectivity index (χ0n) is 9.80. The average molecular weight is 259 g/mol. The van der Waals surface area contributed by atoms with Gasteiger partial charge in [0.25, 0.3) is 5.56 Å². The van der Waals surface area contributed by atoms with Crippen molar-refractivity contribution in [3.63, 3.8) is 0 Å². The molecule has 92 valence electrons. The number of fused-ring (bicyclic) bond motifs is 1. The maximum atomic E-state index is 11.8. The third-order valence-electron chi connectivity index (χ3n) is 2.94. The third kappa shape index (κ3) is 1.97. The number of hydrogen-bond acceptors (Lipinski definition) is 4. The van der Waals surface area contributed by atoms with E-state index >= 15 is 0 Å². The Bertz CT molecular complexity index is 669. The largest absolute Gasteiger partial charge is 0.394 e. The van der Waals surface area contributed by atoms with Gasteiger partial charge in [0.2, 0.25) is 0 Å². The van der Waals surface area contributed by atoms with Gasteiger partial charge in [0.15, 0.2) is 0 Å². The van der Waals surface area contributed by atoms with Crippen molar-refractivity contribution in [1.82, 2.24) is 9.55 Å². The summed E-state index contributed by atoms with van der Waals surface area (Å²) in [5.74, 6) is 0. The van der Waals surface area contributed by atoms with Crippen molar-refractivity contribution < 1.29 is 0 Å². The molecule has 0 radical (unpaired) electrons. The lowest BCUT2D eigenvalue weighted by molar-refractivity contribution is 0.756. The van der Waals surface area contributed by atoms with Crippen LogP contribution in [0, 0.1) is 0 Å². The highest BCUT2D eigenvalue weighted by Crippen LogP contribution is 2.25. The molecule has 2 heterocycles. The van der Waals surface area contributed by atoms with E-state index in [9.17, 15) is 4.79 Å². The molecular weight excluding hydrogens is 246 g/mol. The van der Waals surface area contributed by atoms with E-state index < -0.39 is 0 Å². The number of aromatic nitrogens is 2. The van der Waals surface area contributed by atoms with E-state index in [-0.39, 0.29) is 11.2 Å². The van der Waals surface area contributed by atoms with Gasteiger partial charge in [-0.2, -0.15) is 0 Å². The zero-order chi connectivity index (χ0) is 12.5. The van der Waals surface area contributed by atoms with Crippen LogP contribution in [0.1, 0.15) is 22.0 Å². The van der Waals surface area contributed by atoms with E-state index in [0.29, 0.717) is 6.54 Å². The van der Waals surface area contributed by atoms with E-state index in [0.717, 1.165) is 23.5 Å². The van der Waals surface area contributed by atoms with Crippen LogP contribution in [0.25, 0.3) is 6.08 Å². The maximum absolute atomic E-state index is 11.8. The van der Waals surface area contributed by atoms with Crippen molar-refractivity contribution in [3.05, 3.63) is 50.3 Å². The molecule has 2 aromatic rings. The Balaban J connectivity index is 1.93. The molecule has 2 N–H and O–H groups in total. The Labute approximate surface area is 108 Å². The van der Waals surface area contributed by atoms with E-state index in [2.05, 4.69) is 17.1 Å². The summed E-state index contributed by atoms with van der Waals surface area (Å²) < 4.78 is 1.60. The third-order valence-corrected chi connectivity index (χ3v) is 4.06. The van der Waals surface area contributed by atoms with Crippen LogP contribution in [-0.4, -0.2) is 9.55 Å². The average Bonchev–Trinajstić information content (AvgIpc) is 2.77. The summed E-state index contributed by atoms with van der Waals surface area (Å²) >= 11 is 1.68. The van der Waals surface area contributed by atoms with Gasteiger partial charge >= 0.3 is 0 Å². The van der Waals surface area contributed by atoms with Gasteiger partial charge in [0.05, 0.1) is 17.9 Å². The number of anilines is 1. The molecule has 1 aliphatic rings. The lowest BCUT2D eigenvalue weighted by Gasteiger charge is -2.03. The summed E-state index contributed by atoms with van der Waals surface area (Å²) in [6.45, 7) is 0.495. The van der Waals surface area contributed by atoms with Crippen LogP contribution in [0.5, 0.6) is 0 Å². The minimum Gasteiger partial charge on any atom is -0.394 e. The van der Waals surface area contributed by atoms with Crippen LogP contribution in [0.4, 0.5) is 5.69 Å². The topological polar surface area (TPSA) is 60.9 Å². The number of nitrogen functional groups attached to an aromatic ring is 1. The summed E-state index contributed by atoms with van der Waals surface area (Å²) in [6.07, 6.45) is 8.07. The van der Waals surface area contributed by atoms with Crippen molar-refractivity contribution >= 4 is 23.1 Å². The summed E-state index contributed by atoms with van der Waals surface area (Å²) in [5, 5.41) is 0.958. The molecule has 0 amide bonds. The number of hydrogen-bond donors (Lipinski definition) is 1. The minimum absolute atomic E-state index is 0.152. The van der Waals surface area contributed by atoms with Gasteiger partial charge in [0, 0.05) is 11.1 Å². The smallest absolute Gasteiger partial charge is 0.274 e. The van der Waals surface area contributed by atoms with Gasteiger partial charge in [0.1, 0.15) is 5.01 Å². The highest BCUT2D eigenvalue weighted by atomic mass is 32.1. The SMILES string of the molecule is Nc1cccn(Cc2nc3c(s2)CCC=C3)c1=O. The van der Waals surface area contributed by atoms with Crippen LogP contribution in [0.15, 0.2) is 29.2 Å². The Hall–Kier alpha value is -1.88. The molecule has 0 aromatic carbocycles. The van der Waals surface area contributed by atoms with Gasteiger partial charge in [-0.05, 0) is 31.1 Å². The van der Waals surface area contributed by atoms with Crippen LogP contribution < -0.4 is 11.3 Å². The molecule has 0 atom stereocenters. The van der Waals surface area contributed by atoms with Crippen LogP contribution in [0.3, 0.4) is 0 Å². The first-order chi connectivity index (χ1) is 8.74. The molecule has 4 nitrogen and oxygen atoms in total. The van der Waals surface area contributed by atoms with E-state index in [1.165, 1.54) is 4.88 Å². The molecule has 5 heteroatoms. The summed E-state index contributed by atoms with van der Waals surface area (Å²) in [4.78, 5) is 17.7. The molecule has 0 spiro atoms. The molecule has 2 aromatic heterocycles. The Morgan fingerprint density at radius 1 is 1.50 bits per heavy atom. The summed E-state index contributed by atoms with van der Waals surface area (Å²) in [6, 6.07) is 3.40. The predicted octanol–water partition coefficient (Wildman–Crippen LogP) is 1.89. The van der Waals surface area contributed by atoms with Gasteiger partial charge in [-0.1, -0.05) is 6.08 Å². The Morgan fingerprint density at radius 2 is 2.39 bits per heavy atom. The number of rotatable bonds is 2. The molecule has 0 aliphatic heterocycles. The molecule has 0 fully saturated rings. The van der Waals surface area contributed by atoms with Crippen molar-refractivity contribution in [3.8, 4) is 0 Å². The minimum atomic E-state index is -0.152. The van der Waals surface area contributed by atoms with E-state index in [4.69, 9.17) is 5.73 Å². The first-order valence-electron chi connectivity index (χ1n) is 5.84. The fourth-order valence-electron chi connectivity index (χ4n) is 2.03. The molecule has 1 aliphatic carbocycles. The monoisotopic (exact) mass is 259 g/mol. The Morgan fingerprint density at radius 3 is 3.22 bits per heavy atom. The highest BCUT2D eigenvalue weighted by Gasteiger charge is 2.12. The van der Waals surface area contributed by atoms with E-state index in [1.54, 1.807) is 34.2 Å². The van der Waals surface area contributed by atoms with Crippen molar-refractivity contribution in [2.75, 3.05) is 5.73 Å². The second-order valence-corrected chi connectivity index (χ2v) is 5.42. The molecule has 0 unspecified atom stereocenters. The standard InChI is InChI=1S/C13H13N3OS/c14-9-4-3-7-16(13(9)17)8-12-15-10-5-1-2-6-11(10)18-12/h1,3-5,7H,2,6,8,14H2. The molecular formula is C13H13N3OS. The van der Waals surface area contributed by atoms with Crippen molar-refractivity contribution in [2.24, 2.45) is 0 Å². The summed E-state index contributed by atoms with van der Waals surface area (Å²) in [5.41, 5.74) is 6.79. The molecule has 18 heavy (non-hydrogen) atoms. The molecule has 3 rings (SSSR count). The molecule has 0 saturated carbocycles. The number of pyridine rings is 1.